The molecule has 96 valence electrons. The zero-order valence-electron chi connectivity index (χ0n) is 11.8. The molecule has 3 nitrogen and oxygen atoms in total. The number of hydrogen-bond donors (Lipinski definition) is 1. The highest BCUT2D eigenvalue weighted by Gasteiger charge is 2.14. The Kier molecular flexibility index (Phi) is 3.26. The van der Waals surface area contributed by atoms with Crippen LogP contribution in [-0.4, -0.2) is 9.55 Å². The Morgan fingerprint density at radius 2 is 1.67 bits per heavy atom. The molecule has 0 radical (unpaired) electrons. The first-order valence-electron chi connectivity index (χ1n) is 6.26. The quantitative estimate of drug-likeness (QED) is 0.881. The molecular formula is C15H21N3. The van der Waals surface area contributed by atoms with E-state index < -0.39 is 0 Å². The smallest absolute Gasteiger partial charge is 0.122 e. The van der Waals surface area contributed by atoms with Crippen molar-refractivity contribution in [2.75, 3.05) is 0 Å². The Morgan fingerprint density at radius 3 is 2.22 bits per heavy atom. The van der Waals surface area contributed by atoms with Crippen LogP contribution >= 0.6 is 0 Å². The lowest BCUT2D eigenvalue weighted by Crippen LogP contribution is -2.06. The third kappa shape index (κ3) is 1.95. The molecule has 0 unspecified atom stereocenters. The van der Waals surface area contributed by atoms with Gasteiger partial charge in [-0.15, -0.1) is 0 Å². The molecule has 0 bridgehead atoms. The molecule has 0 saturated carbocycles. The lowest BCUT2D eigenvalue weighted by atomic mass is 9.98. The zero-order valence-corrected chi connectivity index (χ0v) is 11.8. The van der Waals surface area contributed by atoms with E-state index in [0.717, 1.165) is 11.5 Å². The number of rotatable bonds is 2. The molecule has 1 aromatic heterocycles. The van der Waals surface area contributed by atoms with Crippen molar-refractivity contribution in [3.05, 3.63) is 40.3 Å². The lowest BCUT2D eigenvalue weighted by Gasteiger charge is -2.12. The van der Waals surface area contributed by atoms with E-state index in [4.69, 9.17) is 5.73 Å². The van der Waals surface area contributed by atoms with E-state index in [1.54, 1.807) is 0 Å². The summed E-state index contributed by atoms with van der Waals surface area (Å²) in [7, 11) is 2.03. The Labute approximate surface area is 109 Å². The maximum absolute atomic E-state index is 5.72. The van der Waals surface area contributed by atoms with E-state index in [9.17, 15) is 0 Å². The van der Waals surface area contributed by atoms with Gasteiger partial charge in [-0.1, -0.05) is 6.07 Å². The van der Waals surface area contributed by atoms with Gasteiger partial charge in [0.2, 0.25) is 0 Å². The van der Waals surface area contributed by atoms with Crippen molar-refractivity contribution in [3.63, 3.8) is 0 Å². The molecule has 0 spiro atoms. The van der Waals surface area contributed by atoms with Crippen LogP contribution in [0, 0.1) is 27.7 Å². The summed E-state index contributed by atoms with van der Waals surface area (Å²) in [4.78, 5) is 4.54. The molecule has 0 atom stereocenters. The normalized spacial score (nSPS) is 11.0. The van der Waals surface area contributed by atoms with E-state index in [2.05, 4.69) is 42.5 Å². The summed E-state index contributed by atoms with van der Waals surface area (Å²) in [5.41, 5.74) is 13.1. The minimum atomic E-state index is 0.473. The van der Waals surface area contributed by atoms with Crippen LogP contribution in [0.3, 0.4) is 0 Å². The van der Waals surface area contributed by atoms with Gasteiger partial charge < -0.3 is 10.3 Å². The molecule has 3 heteroatoms. The second-order valence-corrected chi connectivity index (χ2v) is 4.98. The van der Waals surface area contributed by atoms with Gasteiger partial charge >= 0.3 is 0 Å². The van der Waals surface area contributed by atoms with E-state index in [1.807, 2.05) is 14.0 Å². The van der Waals surface area contributed by atoms with Crippen molar-refractivity contribution in [2.45, 2.75) is 34.2 Å². The van der Waals surface area contributed by atoms with Gasteiger partial charge in [0.25, 0.3) is 0 Å². The molecule has 0 aliphatic carbocycles. The first-order valence-corrected chi connectivity index (χ1v) is 6.26. The minimum absolute atomic E-state index is 0.473. The maximum atomic E-state index is 5.72. The molecular weight excluding hydrogens is 222 g/mol. The predicted octanol–water partition coefficient (Wildman–Crippen LogP) is 2.78. The molecule has 2 rings (SSSR count). The summed E-state index contributed by atoms with van der Waals surface area (Å²) in [6.45, 7) is 8.96. The Balaban J connectivity index is 2.69. The van der Waals surface area contributed by atoms with Gasteiger partial charge in [0, 0.05) is 12.6 Å². The molecule has 2 N–H and O–H groups in total. The molecule has 0 fully saturated rings. The molecule has 0 aliphatic rings. The van der Waals surface area contributed by atoms with Gasteiger partial charge in [0.05, 0.1) is 17.9 Å². The monoisotopic (exact) mass is 243 g/mol. The largest absolute Gasteiger partial charge is 0.330 e. The van der Waals surface area contributed by atoms with E-state index >= 15 is 0 Å². The Morgan fingerprint density at radius 1 is 1.06 bits per heavy atom. The molecule has 2 aromatic rings. The fourth-order valence-electron chi connectivity index (χ4n) is 2.47. The first-order chi connectivity index (χ1) is 8.45. The molecule has 1 aromatic carbocycles. The fraction of sp³-hybridized carbons (Fsp3) is 0.400. The zero-order chi connectivity index (χ0) is 13.4. The summed E-state index contributed by atoms with van der Waals surface area (Å²) < 4.78 is 2.10. The van der Waals surface area contributed by atoms with Crippen LogP contribution in [0.1, 0.15) is 28.2 Å². The number of nitrogens with two attached hydrogens (primary N) is 1. The van der Waals surface area contributed by atoms with Crippen molar-refractivity contribution >= 4 is 0 Å². The summed E-state index contributed by atoms with van der Waals surface area (Å²) in [6, 6.07) is 4.48. The highest BCUT2D eigenvalue weighted by molar-refractivity contribution is 5.68. The Hall–Kier alpha value is -1.61. The third-order valence-corrected chi connectivity index (χ3v) is 3.64. The van der Waals surface area contributed by atoms with Gasteiger partial charge in [0.15, 0.2) is 0 Å². The molecule has 0 amide bonds. The van der Waals surface area contributed by atoms with Crippen LogP contribution in [0.5, 0.6) is 0 Å². The van der Waals surface area contributed by atoms with E-state index in [1.165, 1.54) is 27.9 Å². The van der Waals surface area contributed by atoms with E-state index in [0.29, 0.717) is 6.54 Å². The number of benzene rings is 1. The number of hydrogen-bond acceptors (Lipinski definition) is 2. The van der Waals surface area contributed by atoms with Crippen molar-refractivity contribution in [2.24, 2.45) is 12.8 Å². The van der Waals surface area contributed by atoms with Crippen molar-refractivity contribution < 1.29 is 0 Å². The summed E-state index contributed by atoms with van der Waals surface area (Å²) >= 11 is 0. The minimum Gasteiger partial charge on any atom is -0.330 e. The Bertz CT molecular complexity index is 594. The van der Waals surface area contributed by atoms with Crippen LogP contribution in [-0.2, 0) is 13.6 Å². The third-order valence-electron chi connectivity index (χ3n) is 3.64. The van der Waals surface area contributed by atoms with Gasteiger partial charge in [-0.05, 0) is 50.5 Å². The fourth-order valence-corrected chi connectivity index (χ4v) is 2.47. The second-order valence-electron chi connectivity index (χ2n) is 4.98. The number of nitrogens with zero attached hydrogens (tertiary/aromatic N) is 2. The average Bonchev–Trinajstić information content (AvgIpc) is 2.59. The number of imidazole rings is 1. The van der Waals surface area contributed by atoms with Crippen LogP contribution in [0.25, 0.3) is 11.3 Å². The average molecular weight is 243 g/mol. The van der Waals surface area contributed by atoms with E-state index in [-0.39, 0.29) is 0 Å². The molecule has 0 aliphatic heterocycles. The van der Waals surface area contributed by atoms with Crippen molar-refractivity contribution in [1.82, 2.24) is 9.55 Å². The standard InChI is InChI=1S/C15H21N3/c1-9-6-11(3)13(7-10(9)2)15-12(4)17-14(8-16)18(15)5/h6-7H,8,16H2,1-5H3. The van der Waals surface area contributed by atoms with Crippen LogP contribution in [0.2, 0.25) is 0 Å². The topological polar surface area (TPSA) is 43.8 Å². The molecule has 0 saturated heterocycles. The number of aryl methyl sites for hydroxylation is 4. The summed E-state index contributed by atoms with van der Waals surface area (Å²) in [5.74, 6) is 0.931. The van der Waals surface area contributed by atoms with Gasteiger partial charge in [-0.3, -0.25) is 0 Å². The summed E-state index contributed by atoms with van der Waals surface area (Å²) in [5, 5.41) is 0. The summed E-state index contributed by atoms with van der Waals surface area (Å²) in [6.07, 6.45) is 0. The predicted molar refractivity (Wildman–Crippen MR) is 75.5 cm³/mol. The number of aromatic nitrogens is 2. The van der Waals surface area contributed by atoms with Gasteiger partial charge in [-0.25, -0.2) is 4.98 Å². The highest BCUT2D eigenvalue weighted by Crippen LogP contribution is 2.29. The van der Waals surface area contributed by atoms with Gasteiger partial charge in [0.1, 0.15) is 5.82 Å². The van der Waals surface area contributed by atoms with Crippen LogP contribution in [0.15, 0.2) is 12.1 Å². The molecule has 1 heterocycles. The SMILES string of the molecule is Cc1cc(C)c(-c2c(C)nc(CN)n2C)cc1C. The highest BCUT2D eigenvalue weighted by atomic mass is 15.1. The van der Waals surface area contributed by atoms with Crippen LogP contribution < -0.4 is 5.73 Å². The van der Waals surface area contributed by atoms with Crippen molar-refractivity contribution in [3.8, 4) is 11.3 Å². The van der Waals surface area contributed by atoms with Crippen LogP contribution in [0.4, 0.5) is 0 Å². The van der Waals surface area contributed by atoms with Crippen molar-refractivity contribution in [1.29, 1.82) is 0 Å². The van der Waals surface area contributed by atoms with Gasteiger partial charge in [-0.2, -0.15) is 0 Å². The maximum Gasteiger partial charge on any atom is 0.122 e. The molecule has 18 heavy (non-hydrogen) atoms. The lowest BCUT2D eigenvalue weighted by molar-refractivity contribution is 0.798. The first kappa shape index (κ1) is 12.8. The second kappa shape index (κ2) is 4.58.